The fraction of sp³-hybridized carbons (Fsp3) is 0.692. The Morgan fingerprint density at radius 2 is 1.73 bits per heavy atom. The fourth-order valence-electron chi connectivity index (χ4n) is 4.16. The number of fused-ring (bicyclic) bond motifs is 1. The van der Waals surface area contributed by atoms with E-state index in [1.807, 2.05) is 39.2 Å². The average Bonchev–Trinajstić information content (AvgIpc) is 3.07. The third kappa shape index (κ3) is 8.45. The lowest BCUT2D eigenvalue weighted by atomic mass is 10.0. The summed E-state index contributed by atoms with van der Waals surface area (Å²) in [6.07, 6.45) is 11.0. The topological polar surface area (TPSA) is 77.3 Å². The molecule has 0 fully saturated rings. The number of amides is 1. The second-order valence-corrected chi connectivity index (χ2v) is 9.68. The van der Waals surface area contributed by atoms with E-state index in [1.54, 1.807) is 11.9 Å². The van der Waals surface area contributed by atoms with Gasteiger partial charge in [0, 0.05) is 26.2 Å². The van der Waals surface area contributed by atoms with Gasteiger partial charge in [-0.15, -0.1) is 0 Å². The molecule has 0 aliphatic heterocycles. The molecule has 2 heterocycles. The van der Waals surface area contributed by atoms with Gasteiger partial charge in [-0.3, -0.25) is 9.78 Å². The molecule has 0 saturated heterocycles. The molecule has 7 nitrogen and oxygen atoms in total. The molecule has 0 aliphatic carbocycles. The lowest BCUT2D eigenvalue weighted by molar-refractivity contribution is -0.158. The van der Waals surface area contributed by atoms with Crippen LogP contribution < -0.4 is 0 Å². The second kappa shape index (κ2) is 13.3. The lowest BCUT2D eigenvalue weighted by Crippen LogP contribution is -2.44. The molecule has 0 bridgehead atoms. The van der Waals surface area contributed by atoms with Crippen LogP contribution in [-0.2, 0) is 20.9 Å². The minimum absolute atomic E-state index is 0.0262. The minimum atomic E-state index is -0.501. The van der Waals surface area contributed by atoms with Crippen molar-refractivity contribution in [2.45, 2.75) is 105 Å². The zero-order chi connectivity index (χ0) is 24.4. The van der Waals surface area contributed by atoms with Gasteiger partial charge in [-0.05, 0) is 52.0 Å². The number of rotatable bonds is 14. The minimum Gasteiger partial charge on any atom is -0.461 e. The van der Waals surface area contributed by atoms with Crippen LogP contribution >= 0.6 is 0 Å². The summed E-state index contributed by atoms with van der Waals surface area (Å²) < 4.78 is 7.65. The number of carbonyl (C=O) groups excluding carboxylic acids is 2. The van der Waals surface area contributed by atoms with Crippen LogP contribution in [0, 0.1) is 12.8 Å². The molecule has 2 aromatic rings. The van der Waals surface area contributed by atoms with Crippen molar-refractivity contribution >= 4 is 22.9 Å². The Bertz CT molecular complexity index is 891. The van der Waals surface area contributed by atoms with Crippen molar-refractivity contribution in [3.63, 3.8) is 0 Å². The zero-order valence-corrected chi connectivity index (χ0v) is 21.3. The first-order chi connectivity index (χ1) is 15.7. The second-order valence-electron chi connectivity index (χ2n) is 9.68. The molecule has 0 aliphatic rings. The summed E-state index contributed by atoms with van der Waals surface area (Å²) in [6.45, 7) is 10.8. The number of unbranched alkanes of at least 4 members (excludes halogenated alkanes) is 5. The highest BCUT2D eigenvalue weighted by molar-refractivity contribution is 5.84. The summed E-state index contributed by atoms with van der Waals surface area (Å²) >= 11 is 0. The Kier molecular flexibility index (Phi) is 10.8. The summed E-state index contributed by atoms with van der Waals surface area (Å²) in [4.78, 5) is 35.4. The van der Waals surface area contributed by atoms with Crippen LogP contribution in [0.3, 0.4) is 0 Å². The molecule has 0 aromatic carbocycles. The van der Waals surface area contributed by atoms with Crippen molar-refractivity contribution in [1.29, 1.82) is 0 Å². The van der Waals surface area contributed by atoms with Crippen LogP contribution in [0.4, 0.5) is 0 Å². The van der Waals surface area contributed by atoms with Gasteiger partial charge in [-0.25, -0.2) is 9.78 Å². The summed E-state index contributed by atoms with van der Waals surface area (Å²) in [5, 5.41) is 0. The van der Waals surface area contributed by atoms with Crippen LogP contribution in [0.25, 0.3) is 11.0 Å². The van der Waals surface area contributed by atoms with Gasteiger partial charge in [0.15, 0.2) is 0 Å². The molecule has 7 heteroatoms. The zero-order valence-electron chi connectivity index (χ0n) is 21.3. The van der Waals surface area contributed by atoms with E-state index < -0.39 is 6.04 Å². The first-order valence-electron chi connectivity index (χ1n) is 12.4. The van der Waals surface area contributed by atoms with Crippen LogP contribution in [-0.4, -0.2) is 50.5 Å². The molecule has 0 unspecified atom stereocenters. The summed E-state index contributed by atoms with van der Waals surface area (Å²) in [6, 6.07) is 1.52. The number of carbonyl (C=O) groups is 2. The van der Waals surface area contributed by atoms with E-state index in [0.717, 1.165) is 61.9 Å². The Hall–Kier alpha value is -2.44. The molecule has 33 heavy (non-hydrogen) atoms. The largest absolute Gasteiger partial charge is 0.461 e. The Balaban J connectivity index is 1.66. The molecular weight excluding hydrogens is 416 g/mol. The molecule has 2 rings (SSSR count). The summed E-state index contributed by atoms with van der Waals surface area (Å²) in [5.41, 5.74) is 2.11. The van der Waals surface area contributed by atoms with Gasteiger partial charge in [-0.2, -0.15) is 0 Å². The first kappa shape index (κ1) is 26.8. The van der Waals surface area contributed by atoms with E-state index in [9.17, 15) is 9.59 Å². The van der Waals surface area contributed by atoms with Gasteiger partial charge in [-0.1, -0.05) is 39.5 Å². The van der Waals surface area contributed by atoms with E-state index in [4.69, 9.17) is 4.74 Å². The highest BCUT2D eigenvalue weighted by Crippen LogP contribution is 2.18. The molecule has 184 valence electrons. The van der Waals surface area contributed by atoms with E-state index in [-0.39, 0.29) is 18.0 Å². The number of hydrogen-bond donors (Lipinski definition) is 0. The van der Waals surface area contributed by atoms with Gasteiger partial charge < -0.3 is 14.2 Å². The molecule has 0 N–H and O–H groups in total. The lowest BCUT2D eigenvalue weighted by Gasteiger charge is -2.28. The average molecular weight is 459 g/mol. The number of hydrogen-bond acceptors (Lipinski definition) is 5. The molecule has 0 saturated carbocycles. The Morgan fingerprint density at radius 1 is 1.06 bits per heavy atom. The van der Waals surface area contributed by atoms with Crippen molar-refractivity contribution in [2.24, 2.45) is 5.92 Å². The van der Waals surface area contributed by atoms with Crippen molar-refractivity contribution < 1.29 is 14.3 Å². The van der Waals surface area contributed by atoms with Crippen LogP contribution in [0.5, 0.6) is 0 Å². The third-order valence-electron chi connectivity index (χ3n) is 5.94. The first-order valence-corrected chi connectivity index (χ1v) is 12.4. The van der Waals surface area contributed by atoms with Crippen molar-refractivity contribution in [3.8, 4) is 0 Å². The molecule has 1 atom stereocenters. The van der Waals surface area contributed by atoms with Crippen LogP contribution in [0.2, 0.25) is 0 Å². The number of imidazole rings is 1. The van der Waals surface area contributed by atoms with Gasteiger partial charge in [0.05, 0.1) is 17.8 Å². The maximum atomic E-state index is 12.7. The molecule has 0 radical (unpaired) electrons. The predicted octanol–water partition coefficient (Wildman–Crippen LogP) is 5.30. The summed E-state index contributed by atoms with van der Waals surface area (Å²) in [7, 11) is 1.73. The third-order valence-corrected chi connectivity index (χ3v) is 5.94. The number of nitrogens with zero attached hydrogens (tertiary/aromatic N) is 4. The van der Waals surface area contributed by atoms with E-state index in [2.05, 4.69) is 28.4 Å². The van der Waals surface area contributed by atoms with Crippen molar-refractivity contribution in [1.82, 2.24) is 19.4 Å². The quantitative estimate of drug-likeness (QED) is 0.284. The van der Waals surface area contributed by atoms with Gasteiger partial charge in [0.2, 0.25) is 5.91 Å². The van der Waals surface area contributed by atoms with Crippen molar-refractivity contribution in [2.75, 3.05) is 7.05 Å². The van der Waals surface area contributed by atoms with E-state index >= 15 is 0 Å². The van der Waals surface area contributed by atoms with E-state index in [0.29, 0.717) is 18.8 Å². The van der Waals surface area contributed by atoms with Gasteiger partial charge in [0.1, 0.15) is 17.4 Å². The highest BCUT2D eigenvalue weighted by Gasteiger charge is 2.29. The number of aromatic nitrogens is 3. The number of likely N-dealkylation sites (N-methyl/N-ethyl adjacent to an activating group) is 1. The smallest absolute Gasteiger partial charge is 0.329 e. The maximum absolute atomic E-state index is 12.7. The Morgan fingerprint density at radius 3 is 2.39 bits per heavy atom. The van der Waals surface area contributed by atoms with Crippen LogP contribution in [0.1, 0.15) is 84.9 Å². The number of ether oxygens (including phenoxy) is 1. The van der Waals surface area contributed by atoms with E-state index in [1.165, 1.54) is 0 Å². The predicted molar refractivity (Wildman–Crippen MR) is 132 cm³/mol. The number of aryl methyl sites for hydroxylation is 2. The highest BCUT2D eigenvalue weighted by atomic mass is 16.5. The fourth-order valence-corrected chi connectivity index (χ4v) is 4.16. The maximum Gasteiger partial charge on any atom is 0.329 e. The monoisotopic (exact) mass is 458 g/mol. The van der Waals surface area contributed by atoms with Crippen LogP contribution in [0.15, 0.2) is 18.5 Å². The molecule has 2 aromatic heterocycles. The van der Waals surface area contributed by atoms with Gasteiger partial charge >= 0.3 is 5.97 Å². The SMILES string of the molecule is Cc1nc2cnccc2n1CCCCCCCCC(=O)N(C)[C@@H](CC(C)C)C(=O)OC(C)C. The Labute approximate surface area is 198 Å². The van der Waals surface area contributed by atoms with Gasteiger partial charge in [0.25, 0.3) is 0 Å². The molecule has 0 spiro atoms. The number of esters is 1. The molecular formula is C26H42N4O3. The van der Waals surface area contributed by atoms with Crippen molar-refractivity contribution in [3.05, 3.63) is 24.3 Å². The molecule has 1 amide bonds. The standard InChI is InChI=1S/C26H42N4O3/c1-19(2)17-24(26(32)33-20(3)4)29(6)25(31)13-11-9-7-8-10-12-16-30-21(5)28-22-18-27-15-14-23(22)30/h14-15,18-20,24H,7-13,16-17H2,1-6H3/t24-/m0/s1. The summed E-state index contributed by atoms with van der Waals surface area (Å²) in [5.74, 6) is 1.07. The number of pyridine rings is 1. The normalized spacial score (nSPS) is 12.5.